The van der Waals surface area contributed by atoms with Gasteiger partial charge in [-0.25, -0.2) is 0 Å². The van der Waals surface area contributed by atoms with Crippen LogP contribution in [0.3, 0.4) is 0 Å². The molecule has 6 aromatic carbocycles. The summed E-state index contributed by atoms with van der Waals surface area (Å²) in [5.74, 6) is 7.88. The van der Waals surface area contributed by atoms with Crippen LogP contribution in [-0.4, -0.2) is 9.52 Å². The van der Waals surface area contributed by atoms with Gasteiger partial charge in [0.05, 0.1) is 0 Å². The van der Waals surface area contributed by atoms with Gasteiger partial charge in [-0.2, -0.15) is 12.1 Å². The molecule has 0 nitrogen and oxygen atoms in total. The van der Waals surface area contributed by atoms with Crippen molar-refractivity contribution in [1.29, 1.82) is 0 Å². The van der Waals surface area contributed by atoms with Crippen molar-refractivity contribution in [3.63, 3.8) is 0 Å². The summed E-state index contributed by atoms with van der Waals surface area (Å²) >= 11 is -0.826. The third-order valence-electron chi connectivity index (χ3n) is 20.5. The average molecular weight is 1090 g/mol. The summed E-state index contributed by atoms with van der Waals surface area (Å²) in [5, 5.41) is 5.90. The van der Waals surface area contributed by atoms with Crippen LogP contribution in [-0.2, 0) is 44.5 Å². The van der Waals surface area contributed by atoms with E-state index in [2.05, 4.69) is 124 Å². The monoisotopic (exact) mass is 1090 g/mol. The quantitative estimate of drug-likeness (QED) is 0.105. The van der Waals surface area contributed by atoms with E-state index in [-0.39, 0.29) is 0 Å². The molecule has 2 radical (unpaired) electrons. The molecule has 0 unspecified atom stereocenters. The van der Waals surface area contributed by atoms with E-state index < -0.39 is 20.8 Å². The number of rotatable bonds is 8. The molecular weight excluding hydrogens is 1010 g/mol. The van der Waals surface area contributed by atoms with Gasteiger partial charge in [-0.1, -0.05) is 163 Å². The summed E-state index contributed by atoms with van der Waals surface area (Å²) in [7, 11) is 11.0. The van der Waals surface area contributed by atoms with Gasteiger partial charge in [0.15, 0.2) is 0 Å². The number of halogens is 2. The van der Waals surface area contributed by atoms with E-state index in [0.29, 0.717) is 10.8 Å². The van der Waals surface area contributed by atoms with Gasteiger partial charge in [-0.15, -0.1) is 68.1 Å². The minimum atomic E-state index is -0.826. The van der Waals surface area contributed by atoms with Crippen LogP contribution in [0.5, 0.6) is 0 Å². The summed E-state index contributed by atoms with van der Waals surface area (Å²) in [6.07, 6.45) is 34.8. The van der Waals surface area contributed by atoms with Crippen molar-refractivity contribution in [1.82, 2.24) is 0 Å². The molecule has 4 heteroatoms. The van der Waals surface area contributed by atoms with E-state index in [0.717, 1.165) is 56.9 Å². The Morgan fingerprint density at radius 3 is 1.08 bits per heavy atom. The minimum absolute atomic E-state index is 0.503. The molecule has 8 bridgehead atoms. The molecule has 0 N–H and O–H groups in total. The first-order chi connectivity index (χ1) is 35.1. The van der Waals surface area contributed by atoms with Crippen LogP contribution in [0, 0.1) is 61.2 Å². The fraction of sp³-hybridized carbons (Fsp3) is 0.559. The fourth-order valence-corrected chi connectivity index (χ4v) is 18.1. The molecule has 0 aliphatic heterocycles. The van der Waals surface area contributed by atoms with E-state index in [4.69, 9.17) is 17.0 Å². The molecule has 16 rings (SSSR count). The number of hydrogen-bond donors (Lipinski definition) is 0. The van der Waals surface area contributed by atoms with Crippen molar-refractivity contribution >= 4 is 48.1 Å². The zero-order valence-electron chi connectivity index (χ0n) is 44.6. The number of aryl methyl sites for hydroxylation is 2. The van der Waals surface area contributed by atoms with Gasteiger partial charge in [0.25, 0.3) is 0 Å². The molecule has 0 aromatic heterocycles. The van der Waals surface area contributed by atoms with Gasteiger partial charge in [0, 0.05) is 9.52 Å². The summed E-state index contributed by atoms with van der Waals surface area (Å²) in [6.45, 7) is 8.87. The summed E-state index contributed by atoms with van der Waals surface area (Å²) < 4.78 is 0. The maximum atomic E-state index is 4.93. The predicted octanol–water partition coefficient (Wildman–Crippen LogP) is 20.4. The Labute approximate surface area is 457 Å². The fourth-order valence-electron chi connectivity index (χ4n) is 18.1. The maximum absolute atomic E-state index is 4.93. The van der Waals surface area contributed by atoms with E-state index in [1.54, 1.807) is 22.3 Å². The molecule has 6 aromatic rings. The molecule has 10 saturated carbocycles. The number of benzene rings is 4. The Kier molecular flexibility index (Phi) is 16.4. The average Bonchev–Trinajstić information content (AvgIpc) is 4.01. The van der Waals surface area contributed by atoms with Crippen molar-refractivity contribution in [3.05, 3.63) is 130 Å². The summed E-state index contributed by atoms with van der Waals surface area (Å²) in [4.78, 5) is 0. The van der Waals surface area contributed by atoms with Crippen molar-refractivity contribution < 1.29 is 20.8 Å². The van der Waals surface area contributed by atoms with E-state index in [9.17, 15) is 0 Å². The second-order valence-electron chi connectivity index (χ2n) is 25.8. The second-order valence-corrected chi connectivity index (χ2v) is 30.5. The van der Waals surface area contributed by atoms with Gasteiger partial charge in [-0.3, -0.25) is 0 Å². The molecule has 10 aliphatic carbocycles. The second kappa shape index (κ2) is 22.8. The first-order valence-corrected chi connectivity index (χ1v) is 37.6. The molecule has 10 aliphatic rings. The SMILES string of the molecule is C[Si]C.Cc1ccc(-c2ccc(C34CC5CC(CC(C5)C3)C4)cc2)c2cc(CC3CCCCC3)[cH-]c12.Cc1ccc(-c2ccc(C34CC5CC(CC(C5)C3)C4)cc2)c2cc(CC3CCCCC3)[cH-]c12.[Cl][Zr+2][Cl]. The van der Waals surface area contributed by atoms with Crippen molar-refractivity contribution in [2.75, 3.05) is 0 Å². The summed E-state index contributed by atoms with van der Waals surface area (Å²) in [6, 6.07) is 39.4. The third-order valence-corrected chi connectivity index (χ3v) is 20.5. The standard InChI is InChI=1S/2C33H39.C2H6Si.2ClH.Zr/c2*1-22-7-12-30(32-18-24(17-31(22)32)13-23-5-3-2-4-6-23)28-8-10-29(11-9-28)33-19-25-14-26(20-33)16-27(15-25)21-33;1-3-2;;;/h2*7-12,17-18,23,25-27H,2-6,13-16,19-21H2,1H3;1-2H3;2*1H;/q2*-1;;;;+4/p-2. The molecule has 0 saturated heterocycles. The van der Waals surface area contributed by atoms with Crippen LogP contribution in [0.15, 0.2) is 97.1 Å². The van der Waals surface area contributed by atoms with Crippen LogP contribution in [0.2, 0.25) is 13.1 Å². The number of hydrogen-bond acceptors (Lipinski definition) is 0. The normalized spacial score (nSPS) is 29.2. The summed E-state index contributed by atoms with van der Waals surface area (Å²) in [5.41, 5.74) is 16.0. The van der Waals surface area contributed by atoms with Gasteiger partial charge in [-0.05, 0) is 170 Å². The van der Waals surface area contributed by atoms with Gasteiger partial charge in [0.2, 0.25) is 0 Å². The molecule has 72 heavy (non-hydrogen) atoms. The van der Waals surface area contributed by atoms with Crippen LogP contribution >= 0.6 is 17.0 Å². The van der Waals surface area contributed by atoms with Gasteiger partial charge in [0.1, 0.15) is 0 Å². The van der Waals surface area contributed by atoms with Crippen LogP contribution < -0.4 is 0 Å². The Balaban J connectivity index is 0.000000141. The van der Waals surface area contributed by atoms with Gasteiger partial charge >= 0.3 is 37.9 Å². The number of fused-ring (bicyclic) bond motifs is 2. The molecule has 0 heterocycles. The Morgan fingerprint density at radius 1 is 0.472 bits per heavy atom. The van der Waals surface area contributed by atoms with Crippen LogP contribution in [0.25, 0.3) is 43.8 Å². The Bertz CT molecular complexity index is 2480. The zero-order chi connectivity index (χ0) is 49.4. The molecule has 0 spiro atoms. The zero-order valence-corrected chi connectivity index (χ0v) is 49.6. The predicted molar refractivity (Wildman–Crippen MR) is 309 cm³/mol. The van der Waals surface area contributed by atoms with Gasteiger partial charge < -0.3 is 0 Å². The van der Waals surface area contributed by atoms with Crippen molar-refractivity contribution in [2.45, 2.75) is 192 Å². The Hall–Kier alpha value is -2.22. The first-order valence-electron chi connectivity index (χ1n) is 29.3. The van der Waals surface area contributed by atoms with Crippen molar-refractivity contribution in [2.24, 2.45) is 47.3 Å². The molecule has 0 amide bonds. The van der Waals surface area contributed by atoms with E-state index >= 15 is 0 Å². The van der Waals surface area contributed by atoms with E-state index in [1.165, 1.54) is 209 Å². The molecular formula is C68H84Cl2SiZr. The third kappa shape index (κ3) is 11.0. The van der Waals surface area contributed by atoms with Crippen LogP contribution in [0.1, 0.15) is 175 Å². The molecule has 10 fully saturated rings. The molecule has 378 valence electrons. The Morgan fingerprint density at radius 2 is 0.778 bits per heavy atom. The molecule has 0 atom stereocenters. The topological polar surface area (TPSA) is 0 Å². The van der Waals surface area contributed by atoms with Crippen molar-refractivity contribution in [3.8, 4) is 22.3 Å². The van der Waals surface area contributed by atoms with Crippen LogP contribution in [0.4, 0.5) is 0 Å². The first kappa shape index (κ1) is 51.9. The van der Waals surface area contributed by atoms with E-state index in [1.807, 2.05) is 0 Å².